The third kappa shape index (κ3) is 2.87. The topological polar surface area (TPSA) is 49.3 Å². The van der Waals surface area contributed by atoms with Crippen LogP contribution in [0.2, 0.25) is 0 Å². The molecule has 1 fully saturated rings. The van der Waals surface area contributed by atoms with Crippen molar-refractivity contribution in [2.24, 2.45) is 5.41 Å². The molecule has 17 heavy (non-hydrogen) atoms. The quantitative estimate of drug-likeness (QED) is 0.896. The Morgan fingerprint density at radius 2 is 2.24 bits per heavy atom. The number of aliphatic hydroxyl groups is 1. The van der Waals surface area contributed by atoms with Crippen LogP contribution in [-0.2, 0) is 0 Å². The SMILES string of the molecule is Cc1ccc(C(=O)NCC2(CO)CC2)c(Br)c1. The van der Waals surface area contributed by atoms with E-state index in [1.165, 1.54) is 0 Å². The van der Waals surface area contributed by atoms with E-state index in [0.29, 0.717) is 12.1 Å². The fourth-order valence-corrected chi connectivity index (χ4v) is 2.41. The lowest BCUT2D eigenvalue weighted by molar-refractivity contribution is 0.0934. The molecule has 1 aromatic carbocycles. The first-order valence-corrected chi connectivity index (χ1v) is 6.51. The second-order valence-electron chi connectivity index (χ2n) is 4.82. The molecule has 2 N–H and O–H groups in total. The summed E-state index contributed by atoms with van der Waals surface area (Å²) in [4.78, 5) is 11.9. The van der Waals surface area contributed by atoms with Gasteiger partial charge in [0, 0.05) is 16.4 Å². The Balaban J connectivity index is 2.00. The molecule has 0 atom stereocenters. The molecule has 92 valence electrons. The van der Waals surface area contributed by atoms with Gasteiger partial charge in [0.25, 0.3) is 5.91 Å². The summed E-state index contributed by atoms with van der Waals surface area (Å²) in [5, 5.41) is 12.1. The predicted octanol–water partition coefficient (Wildman–Crippen LogP) is 2.26. The van der Waals surface area contributed by atoms with Crippen LogP contribution < -0.4 is 5.32 Å². The van der Waals surface area contributed by atoms with E-state index in [0.717, 1.165) is 22.9 Å². The molecule has 3 nitrogen and oxygen atoms in total. The monoisotopic (exact) mass is 297 g/mol. The lowest BCUT2D eigenvalue weighted by Crippen LogP contribution is -2.32. The van der Waals surface area contributed by atoms with Crippen molar-refractivity contribution in [3.8, 4) is 0 Å². The van der Waals surface area contributed by atoms with Crippen molar-refractivity contribution in [1.82, 2.24) is 5.32 Å². The number of amides is 1. The van der Waals surface area contributed by atoms with Crippen molar-refractivity contribution in [2.75, 3.05) is 13.2 Å². The van der Waals surface area contributed by atoms with Gasteiger partial charge in [0.1, 0.15) is 0 Å². The predicted molar refractivity (Wildman–Crippen MR) is 70.0 cm³/mol. The van der Waals surface area contributed by atoms with Gasteiger partial charge in [-0.3, -0.25) is 4.79 Å². The van der Waals surface area contributed by atoms with E-state index in [9.17, 15) is 9.90 Å². The molecule has 0 bridgehead atoms. The van der Waals surface area contributed by atoms with Crippen LogP contribution in [0.4, 0.5) is 0 Å². The Bertz CT molecular complexity index is 441. The van der Waals surface area contributed by atoms with Gasteiger partial charge < -0.3 is 10.4 Å². The number of carbonyl (C=O) groups is 1. The highest BCUT2D eigenvalue weighted by atomic mass is 79.9. The average Bonchev–Trinajstić information content (AvgIpc) is 3.07. The van der Waals surface area contributed by atoms with E-state index < -0.39 is 0 Å². The molecule has 0 spiro atoms. The minimum atomic E-state index is -0.0865. The van der Waals surface area contributed by atoms with Crippen molar-refractivity contribution < 1.29 is 9.90 Å². The Morgan fingerprint density at radius 3 is 2.76 bits per heavy atom. The van der Waals surface area contributed by atoms with Gasteiger partial charge in [-0.05, 0) is 53.4 Å². The number of benzene rings is 1. The lowest BCUT2D eigenvalue weighted by Gasteiger charge is -2.13. The molecule has 1 aliphatic rings. The van der Waals surface area contributed by atoms with Crippen LogP contribution in [0.3, 0.4) is 0 Å². The summed E-state index contributed by atoms with van der Waals surface area (Å²) in [6, 6.07) is 5.65. The molecule has 1 saturated carbocycles. The van der Waals surface area contributed by atoms with Crippen LogP contribution in [-0.4, -0.2) is 24.2 Å². The van der Waals surface area contributed by atoms with Crippen LogP contribution in [0.5, 0.6) is 0 Å². The molecule has 2 rings (SSSR count). The van der Waals surface area contributed by atoms with Gasteiger partial charge in [-0.1, -0.05) is 6.07 Å². The van der Waals surface area contributed by atoms with Crippen molar-refractivity contribution in [2.45, 2.75) is 19.8 Å². The number of carbonyl (C=O) groups excluding carboxylic acids is 1. The van der Waals surface area contributed by atoms with E-state index in [2.05, 4.69) is 21.2 Å². The van der Waals surface area contributed by atoms with Crippen molar-refractivity contribution in [3.05, 3.63) is 33.8 Å². The molecule has 0 aromatic heterocycles. The maximum Gasteiger partial charge on any atom is 0.252 e. The van der Waals surface area contributed by atoms with Crippen LogP contribution in [0, 0.1) is 12.3 Å². The number of aliphatic hydroxyl groups excluding tert-OH is 1. The van der Waals surface area contributed by atoms with Crippen molar-refractivity contribution >= 4 is 21.8 Å². The molecule has 0 aliphatic heterocycles. The number of hydrogen-bond acceptors (Lipinski definition) is 2. The number of nitrogens with one attached hydrogen (secondary N) is 1. The zero-order valence-corrected chi connectivity index (χ0v) is 11.4. The molecule has 0 heterocycles. The molecule has 4 heteroatoms. The third-order valence-electron chi connectivity index (χ3n) is 3.29. The summed E-state index contributed by atoms with van der Waals surface area (Å²) in [7, 11) is 0. The smallest absolute Gasteiger partial charge is 0.252 e. The summed E-state index contributed by atoms with van der Waals surface area (Å²) in [5.74, 6) is -0.0865. The van der Waals surface area contributed by atoms with Crippen LogP contribution in [0.15, 0.2) is 22.7 Å². The normalized spacial score (nSPS) is 16.6. The maximum atomic E-state index is 11.9. The number of hydrogen-bond donors (Lipinski definition) is 2. The summed E-state index contributed by atoms with van der Waals surface area (Å²) < 4.78 is 0.809. The Morgan fingerprint density at radius 1 is 1.53 bits per heavy atom. The summed E-state index contributed by atoms with van der Waals surface area (Å²) in [5.41, 5.74) is 1.71. The van der Waals surface area contributed by atoms with Gasteiger partial charge in [-0.15, -0.1) is 0 Å². The Kier molecular flexibility index (Phi) is 3.54. The molecule has 0 unspecified atom stereocenters. The highest BCUT2D eigenvalue weighted by Gasteiger charge is 2.42. The first-order chi connectivity index (χ1) is 8.06. The van der Waals surface area contributed by atoms with Gasteiger partial charge >= 0.3 is 0 Å². The van der Waals surface area contributed by atoms with E-state index >= 15 is 0 Å². The number of halogens is 1. The van der Waals surface area contributed by atoms with Gasteiger partial charge in [0.2, 0.25) is 0 Å². The number of aryl methyl sites for hydroxylation is 1. The molecular weight excluding hydrogens is 282 g/mol. The second-order valence-corrected chi connectivity index (χ2v) is 5.68. The molecule has 0 saturated heterocycles. The van der Waals surface area contributed by atoms with Gasteiger partial charge in [0.15, 0.2) is 0 Å². The van der Waals surface area contributed by atoms with Crippen LogP contribution in [0.1, 0.15) is 28.8 Å². The average molecular weight is 298 g/mol. The van der Waals surface area contributed by atoms with Crippen molar-refractivity contribution in [3.63, 3.8) is 0 Å². The molecule has 0 radical (unpaired) electrons. The van der Waals surface area contributed by atoms with E-state index in [4.69, 9.17) is 0 Å². The molecule has 1 amide bonds. The fraction of sp³-hybridized carbons (Fsp3) is 0.462. The van der Waals surface area contributed by atoms with Crippen LogP contribution in [0.25, 0.3) is 0 Å². The molecular formula is C13H16BrNO2. The van der Waals surface area contributed by atoms with Gasteiger partial charge in [-0.2, -0.15) is 0 Å². The number of rotatable bonds is 4. The highest BCUT2D eigenvalue weighted by molar-refractivity contribution is 9.10. The second kappa shape index (κ2) is 4.78. The lowest BCUT2D eigenvalue weighted by atomic mass is 10.1. The first-order valence-electron chi connectivity index (χ1n) is 5.72. The molecule has 1 aliphatic carbocycles. The maximum absolute atomic E-state index is 11.9. The minimum Gasteiger partial charge on any atom is -0.396 e. The summed E-state index contributed by atoms with van der Waals surface area (Å²) >= 11 is 3.39. The Labute approximate surface area is 109 Å². The summed E-state index contributed by atoms with van der Waals surface area (Å²) in [6.45, 7) is 2.70. The highest BCUT2D eigenvalue weighted by Crippen LogP contribution is 2.44. The zero-order valence-electron chi connectivity index (χ0n) is 9.79. The van der Waals surface area contributed by atoms with E-state index in [1.807, 2.05) is 25.1 Å². The standard InChI is InChI=1S/C13H16BrNO2/c1-9-2-3-10(11(14)6-9)12(17)15-7-13(8-16)4-5-13/h2-3,6,16H,4-5,7-8H2,1H3,(H,15,17). The summed E-state index contributed by atoms with van der Waals surface area (Å²) in [6.07, 6.45) is 2.00. The fourth-order valence-electron chi connectivity index (χ4n) is 1.73. The largest absolute Gasteiger partial charge is 0.396 e. The van der Waals surface area contributed by atoms with E-state index in [-0.39, 0.29) is 17.9 Å². The van der Waals surface area contributed by atoms with Crippen molar-refractivity contribution in [1.29, 1.82) is 0 Å². The van der Waals surface area contributed by atoms with E-state index in [1.54, 1.807) is 0 Å². The Hall–Kier alpha value is -0.870. The third-order valence-corrected chi connectivity index (χ3v) is 3.94. The van der Waals surface area contributed by atoms with Gasteiger partial charge in [-0.25, -0.2) is 0 Å². The first kappa shape index (κ1) is 12.6. The zero-order chi connectivity index (χ0) is 12.5. The molecule has 1 aromatic rings. The van der Waals surface area contributed by atoms with Crippen LogP contribution >= 0.6 is 15.9 Å². The minimum absolute atomic E-state index is 0.0488. The van der Waals surface area contributed by atoms with Gasteiger partial charge in [0.05, 0.1) is 12.2 Å².